The lowest BCUT2D eigenvalue weighted by atomic mass is 9.97. The molecule has 0 spiro atoms. The molecule has 1 heterocycles. The second-order valence-corrected chi connectivity index (χ2v) is 7.78. The minimum atomic E-state index is -1.08. The number of allylic oxidation sites excluding steroid dienone is 2. The number of carboxylic acid groups (broad SMARTS) is 1. The van der Waals surface area contributed by atoms with E-state index >= 15 is 0 Å². The first-order chi connectivity index (χ1) is 14.1. The predicted octanol–water partition coefficient (Wildman–Crippen LogP) is 5.61. The Kier molecular flexibility index (Phi) is 5.71. The second kappa shape index (κ2) is 8.57. The van der Waals surface area contributed by atoms with Gasteiger partial charge < -0.3 is 9.84 Å². The molecule has 0 bridgehead atoms. The first-order valence-corrected chi connectivity index (χ1v) is 10.2. The molecule has 0 amide bonds. The van der Waals surface area contributed by atoms with E-state index in [2.05, 4.69) is 32.2 Å². The summed E-state index contributed by atoms with van der Waals surface area (Å²) in [5.41, 5.74) is 5.15. The Morgan fingerprint density at radius 2 is 1.86 bits per heavy atom. The van der Waals surface area contributed by atoms with Crippen LogP contribution in [0, 0.1) is 0 Å². The standard InChI is InChI=1S/C23H19BrN2O3/c24-17-9-10-22(29-14-15-5-2-1-3-6-15)20(12-17)19-8-4-7-18(19)16-11-21(23(27)28)26-25-13-16/h1-3,5-6,9-13H,4,7-8,14H2,(H,27,28). The van der Waals surface area contributed by atoms with Gasteiger partial charge in [-0.05, 0) is 60.2 Å². The smallest absolute Gasteiger partial charge is 0.356 e. The first-order valence-electron chi connectivity index (χ1n) is 9.37. The van der Waals surface area contributed by atoms with E-state index in [1.807, 2.05) is 42.5 Å². The molecule has 0 atom stereocenters. The summed E-state index contributed by atoms with van der Waals surface area (Å²) in [6.07, 6.45) is 4.40. The molecule has 2 aromatic carbocycles. The summed E-state index contributed by atoms with van der Waals surface area (Å²) < 4.78 is 7.13. The molecule has 146 valence electrons. The molecule has 0 unspecified atom stereocenters. The third-order valence-corrected chi connectivity index (χ3v) is 5.44. The summed E-state index contributed by atoms with van der Waals surface area (Å²) in [6.45, 7) is 0.484. The Labute approximate surface area is 177 Å². The van der Waals surface area contributed by atoms with Crippen molar-refractivity contribution in [3.05, 3.63) is 87.7 Å². The van der Waals surface area contributed by atoms with E-state index in [0.717, 1.165) is 51.7 Å². The highest BCUT2D eigenvalue weighted by molar-refractivity contribution is 9.10. The largest absolute Gasteiger partial charge is 0.488 e. The lowest BCUT2D eigenvalue weighted by molar-refractivity contribution is 0.0689. The summed E-state index contributed by atoms with van der Waals surface area (Å²) in [5, 5.41) is 16.8. The van der Waals surface area contributed by atoms with Crippen LogP contribution in [0.25, 0.3) is 11.1 Å². The molecule has 1 aromatic heterocycles. The molecule has 0 fully saturated rings. The normalized spacial score (nSPS) is 13.6. The number of ether oxygens (including phenoxy) is 1. The molecule has 5 nitrogen and oxygen atoms in total. The monoisotopic (exact) mass is 450 g/mol. The number of halogens is 1. The SMILES string of the molecule is O=C(O)c1cc(C2=C(c3cc(Br)ccc3OCc3ccccc3)CCC2)cnn1. The predicted molar refractivity (Wildman–Crippen MR) is 115 cm³/mol. The Bertz CT molecular complexity index is 1080. The molecule has 4 rings (SSSR count). The maximum atomic E-state index is 11.3. The van der Waals surface area contributed by atoms with Crippen molar-refractivity contribution in [2.24, 2.45) is 0 Å². The van der Waals surface area contributed by atoms with E-state index in [1.54, 1.807) is 12.3 Å². The van der Waals surface area contributed by atoms with Gasteiger partial charge in [-0.1, -0.05) is 46.3 Å². The molecule has 0 radical (unpaired) electrons. The summed E-state index contributed by atoms with van der Waals surface area (Å²) >= 11 is 3.57. The fourth-order valence-corrected chi connectivity index (χ4v) is 3.96. The summed E-state index contributed by atoms with van der Waals surface area (Å²) in [6, 6.07) is 17.6. The van der Waals surface area contributed by atoms with E-state index in [9.17, 15) is 9.90 Å². The van der Waals surface area contributed by atoms with Crippen LogP contribution in [-0.2, 0) is 6.61 Å². The fraction of sp³-hybridized carbons (Fsp3) is 0.174. The number of nitrogens with zero attached hydrogens (tertiary/aromatic N) is 2. The van der Waals surface area contributed by atoms with Crippen molar-refractivity contribution in [3.8, 4) is 5.75 Å². The molecule has 0 saturated heterocycles. The fourth-order valence-electron chi connectivity index (χ4n) is 3.59. The van der Waals surface area contributed by atoms with Crippen LogP contribution in [0.1, 0.15) is 46.4 Å². The van der Waals surface area contributed by atoms with E-state index in [4.69, 9.17) is 4.74 Å². The first kappa shape index (κ1) is 19.3. The van der Waals surface area contributed by atoms with Crippen LogP contribution in [-0.4, -0.2) is 21.3 Å². The maximum absolute atomic E-state index is 11.3. The molecule has 29 heavy (non-hydrogen) atoms. The third-order valence-electron chi connectivity index (χ3n) is 4.94. The van der Waals surface area contributed by atoms with E-state index in [-0.39, 0.29) is 5.69 Å². The minimum absolute atomic E-state index is 0.0453. The highest BCUT2D eigenvalue weighted by Gasteiger charge is 2.22. The van der Waals surface area contributed by atoms with Gasteiger partial charge in [0.1, 0.15) is 12.4 Å². The average Bonchev–Trinajstić information content (AvgIpc) is 3.23. The van der Waals surface area contributed by atoms with Crippen LogP contribution in [0.5, 0.6) is 5.75 Å². The Morgan fingerprint density at radius 1 is 1.07 bits per heavy atom. The molecular formula is C23H19BrN2O3. The molecule has 1 aliphatic carbocycles. The molecule has 6 heteroatoms. The number of hydrogen-bond donors (Lipinski definition) is 1. The van der Waals surface area contributed by atoms with Crippen LogP contribution in [0.15, 0.2) is 65.3 Å². The third kappa shape index (κ3) is 4.38. The molecule has 0 saturated carbocycles. The van der Waals surface area contributed by atoms with Gasteiger partial charge in [0.25, 0.3) is 0 Å². The van der Waals surface area contributed by atoms with E-state index < -0.39 is 5.97 Å². The topological polar surface area (TPSA) is 72.3 Å². The molecule has 1 aliphatic rings. The van der Waals surface area contributed by atoms with Crippen molar-refractivity contribution in [3.63, 3.8) is 0 Å². The summed E-state index contributed by atoms with van der Waals surface area (Å²) in [4.78, 5) is 11.3. The van der Waals surface area contributed by atoms with Gasteiger partial charge in [-0.15, -0.1) is 5.10 Å². The Balaban J connectivity index is 1.72. The number of hydrogen-bond acceptors (Lipinski definition) is 4. The highest BCUT2D eigenvalue weighted by Crippen LogP contribution is 2.43. The molecule has 3 aromatic rings. The van der Waals surface area contributed by atoms with Gasteiger partial charge >= 0.3 is 5.97 Å². The maximum Gasteiger partial charge on any atom is 0.356 e. The lowest BCUT2D eigenvalue weighted by Crippen LogP contribution is -2.03. The second-order valence-electron chi connectivity index (χ2n) is 6.86. The Morgan fingerprint density at radius 3 is 2.66 bits per heavy atom. The zero-order chi connectivity index (χ0) is 20.2. The highest BCUT2D eigenvalue weighted by atomic mass is 79.9. The number of aromatic nitrogens is 2. The Hall–Kier alpha value is -2.99. The van der Waals surface area contributed by atoms with Crippen LogP contribution in [0.3, 0.4) is 0 Å². The molecule has 0 aliphatic heterocycles. The van der Waals surface area contributed by atoms with Crippen LogP contribution >= 0.6 is 15.9 Å². The summed E-state index contributed by atoms with van der Waals surface area (Å²) in [5.74, 6) is -0.263. The number of carbonyl (C=O) groups is 1. The van der Waals surface area contributed by atoms with Crippen molar-refractivity contribution < 1.29 is 14.6 Å². The van der Waals surface area contributed by atoms with Crippen molar-refractivity contribution >= 4 is 33.0 Å². The van der Waals surface area contributed by atoms with Gasteiger partial charge in [0.2, 0.25) is 0 Å². The van der Waals surface area contributed by atoms with Crippen LogP contribution in [0.4, 0.5) is 0 Å². The summed E-state index contributed by atoms with van der Waals surface area (Å²) in [7, 11) is 0. The lowest BCUT2D eigenvalue weighted by Gasteiger charge is -2.15. The zero-order valence-electron chi connectivity index (χ0n) is 15.6. The molecule has 1 N–H and O–H groups in total. The van der Waals surface area contributed by atoms with Gasteiger partial charge in [-0.25, -0.2) is 4.79 Å². The zero-order valence-corrected chi connectivity index (χ0v) is 17.2. The number of benzene rings is 2. The minimum Gasteiger partial charge on any atom is -0.488 e. The van der Waals surface area contributed by atoms with Gasteiger partial charge in [-0.2, -0.15) is 5.10 Å². The van der Waals surface area contributed by atoms with Gasteiger partial charge in [0.05, 0.1) is 6.20 Å². The number of aromatic carboxylic acids is 1. The van der Waals surface area contributed by atoms with Gasteiger partial charge in [0, 0.05) is 15.6 Å². The van der Waals surface area contributed by atoms with Crippen molar-refractivity contribution in [1.82, 2.24) is 10.2 Å². The van der Waals surface area contributed by atoms with Crippen molar-refractivity contribution in [2.45, 2.75) is 25.9 Å². The number of rotatable bonds is 6. The number of carboxylic acids is 1. The quantitative estimate of drug-likeness (QED) is 0.528. The average molecular weight is 451 g/mol. The van der Waals surface area contributed by atoms with Crippen LogP contribution in [0.2, 0.25) is 0 Å². The van der Waals surface area contributed by atoms with Gasteiger partial charge in [0.15, 0.2) is 5.69 Å². The van der Waals surface area contributed by atoms with Crippen LogP contribution < -0.4 is 4.74 Å². The molecular weight excluding hydrogens is 432 g/mol. The van der Waals surface area contributed by atoms with Crippen molar-refractivity contribution in [2.75, 3.05) is 0 Å². The van der Waals surface area contributed by atoms with E-state index in [0.29, 0.717) is 6.61 Å². The van der Waals surface area contributed by atoms with E-state index in [1.165, 1.54) is 5.57 Å². The van der Waals surface area contributed by atoms with Crippen molar-refractivity contribution in [1.29, 1.82) is 0 Å². The van der Waals surface area contributed by atoms with Gasteiger partial charge in [-0.3, -0.25) is 0 Å².